The summed E-state index contributed by atoms with van der Waals surface area (Å²) in [6.45, 7) is 0.824. The Morgan fingerprint density at radius 1 is 0.581 bits per heavy atom. The van der Waals surface area contributed by atoms with Crippen molar-refractivity contribution in [3.05, 3.63) is 0 Å². The summed E-state index contributed by atoms with van der Waals surface area (Å²) in [4.78, 5) is 0. The van der Waals surface area contributed by atoms with Gasteiger partial charge in [-0.05, 0) is 25.8 Å². The first-order valence-corrected chi connectivity index (χ1v) is 10.1. The van der Waals surface area contributed by atoms with Gasteiger partial charge in [0.15, 0.2) is 37.7 Å². The summed E-state index contributed by atoms with van der Waals surface area (Å²) in [5.41, 5.74) is 5.41. The highest BCUT2D eigenvalue weighted by atomic mass is 16.8. The topological polar surface area (TPSA) is 223 Å². The van der Waals surface area contributed by atoms with E-state index in [0.717, 1.165) is 12.8 Å². The third kappa shape index (κ3) is 5.69. The molecule has 12 atom stereocenters. The van der Waals surface area contributed by atoms with Crippen molar-refractivity contribution in [1.29, 1.82) is 0 Å². The highest BCUT2D eigenvalue weighted by Gasteiger charge is 2.53. The fourth-order valence-electron chi connectivity index (χ4n) is 3.46. The number of hydrogen-bond acceptors (Lipinski definition) is 14. The van der Waals surface area contributed by atoms with Crippen LogP contribution in [-0.2, 0) is 28.4 Å². The summed E-state index contributed by atoms with van der Waals surface area (Å²) in [6.07, 6.45) is -16.2. The zero-order valence-corrected chi connectivity index (χ0v) is 16.6. The zero-order chi connectivity index (χ0) is 22.7. The van der Waals surface area contributed by atoms with Gasteiger partial charge in [0.1, 0.15) is 36.6 Å². The molecule has 0 aromatic carbocycles. The van der Waals surface area contributed by atoms with Crippen LogP contribution in [-0.4, -0.2) is 123 Å². The molecule has 0 aliphatic carbocycles. The fourth-order valence-corrected chi connectivity index (χ4v) is 3.46. The SMILES string of the molecule is NCCCCCO[C@H]1O[C@H](O)C(O[C@H]2O[C@H](O)C(O[C@H]3O[C@H](O)C(O)C3O)C2O)C1O. The Morgan fingerprint density at radius 3 is 1.65 bits per heavy atom. The van der Waals surface area contributed by atoms with Crippen LogP contribution in [0.25, 0.3) is 0 Å². The monoisotopic (exact) mass is 457 g/mol. The maximum atomic E-state index is 10.4. The van der Waals surface area contributed by atoms with Gasteiger partial charge in [0, 0.05) is 6.61 Å². The van der Waals surface area contributed by atoms with Crippen molar-refractivity contribution < 1.29 is 64.2 Å². The number of aliphatic hydroxyl groups excluding tert-OH is 7. The van der Waals surface area contributed by atoms with E-state index in [1.807, 2.05) is 0 Å². The number of ether oxygens (including phenoxy) is 6. The van der Waals surface area contributed by atoms with Crippen molar-refractivity contribution in [2.24, 2.45) is 5.73 Å². The minimum absolute atomic E-state index is 0.264. The second kappa shape index (κ2) is 11.0. The molecule has 31 heavy (non-hydrogen) atoms. The molecular formula is C17H31NO13. The number of rotatable bonds is 10. The first-order valence-electron chi connectivity index (χ1n) is 10.1. The predicted molar refractivity (Wildman–Crippen MR) is 95.3 cm³/mol. The van der Waals surface area contributed by atoms with Crippen molar-refractivity contribution in [3.8, 4) is 0 Å². The lowest BCUT2D eigenvalue weighted by Crippen LogP contribution is -2.45. The van der Waals surface area contributed by atoms with E-state index >= 15 is 0 Å². The molecular weight excluding hydrogens is 426 g/mol. The molecule has 0 aromatic rings. The number of aliphatic hydroxyl groups is 7. The summed E-state index contributed by atoms with van der Waals surface area (Å²) >= 11 is 0. The van der Waals surface area contributed by atoms with Crippen LogP contribution in [0.5, 0.6) is 0 Å². The van der Waals surface area contributed by atoms with Crippen LogP contribution in [0, 0.1) is 0 Å². The van der Waals surface area contributed by atoms with Crippen molar-refractivity contribution in [2.45, 2.75) is 93.6 Å². The van der Waals surface area contributed by atoms with E-state index < -0.39 is 74.4 Å². The van der Waals surface area contributed by atoms with Crippen LogP contribution in [0.15, 0.2) is 0 Å². The Hall–Kier alpha value is -0.560. The summed E-state index contributed by atoms with van der Waals surface area (Å²) < 4.78 is 31.0. The predicted octanol–water partition coefficient (Wildman–Crippen LogP) is -4.63. The normalized spacial score (nSPS) is 48.0. The molecule has 0 radical (unpaired) electrons. The van der Waals surface area contributed by atoms with Crippen LogP contribution >= 0.6 is 0 Å². The van der Waals surface area contributed by atoms with Gasteiger partial charge >= 0.3 is 0 Å². The molecule has 0 saturated carbocycles. The second-order valence-corrected chi connectivity index (χ2v) is 7.57. The average Bonchev–Trinajstić information content (AvgIpc) is 3.25. The third-order valence-corrected chi connectivity index (χ3v) is 5.25. The van der Waals surface area contributed by atoms with E-state index in [-0.39, 0.29) is 6.61 Å². The summed E-state index contributed by atoms with van der Waals surface area (Å²) in [7, 11) is 0. The standard InChI is InChI=1S/C17H31NO13/c18-4-2-1-3-5-26-15-8(21)10(13(24)30-15)28-17-9(22)11(14(25)31-17)27-16-7(20)6(19)12(23)29-16/h6-17,19-25H,1-5,18H2/t6?,7?,8?,9?,10?,11?,12-,13-,14-,15-,16-,17-/m0/s1. The Kier molecular flexibility index (Phi) is 8.93. The molecule has 182 valence electrons. The van der Waals surface area contributed by atoms with Gasteiger partial charge in [0.2, 0.25) is 0 Å². The Balaban J connectivity index is 1.50. The molecule has 9 N–H and O–H groups in total. The molecule has 3 saturated heterocycles. The van der Waals surface area contributed by atoms with E-state index in [0.29, 0.717) is 13.0 Å². The maximum Gasteiger partial charge on any atom is 0.190 e. The molecule has 0 aromatic heterocycles. The average molecular weight is 457 g/mol. The zero-order valence-electron chi connectivity index (χ0n) is 16.6. The van der Waals surface area contributed by atoms with Gasteiger partial charge in [0.25, 0.3) is 0 Å². The molecule has 6 unspecified atom stereocenters. The van der Waals surface area contributed by atoms with Gasteiger partial charge in [-0.25, -0.2) is 0 Å². The van der Waals surface area contributed by atoms with Crippen molar-refractivity contribution in [2.75, 3.05) is 13.2 Å². The molecule has 3 aliphatic heterocycles. The highest BCUT2D eigenvalue weighted by Crippen LogP contribution is 2.32. The van der Waals surface area contributed by atoms with E-state index in [2.05, 4.69) is 0 Å². The van der Waals surface area contributed by atoms with Gasteiger partial charge in [-0.3, -0.25) is 0 Å². The smallest absolute Gasteiger partial charge is 0.190 e. The van der Waals surface area contributed by atoms with Gasteiger partial charge in [-0.15, -0.1) is 0 Å². The number of hydrogen-bond donors (Lipinski definition) is 8. The molecule has 0 amide bonds. The van der Waals surface area contributed by atoms with E-state index in [9.17, 15) is 35.7 Å². The first-order chi connectivity index (χ1) is 14.7. The Bertz CT molecular complexity index is 558. The first kappa shape index (κ1) is 25.1. The maximum absolute atomic E-state index is 10.4. The highest BCUT2D eigenvalue weighted by molar-refractivity contribution is 4.90. The summed E-state index contributed by atoms with van der Waals surface area (Å²) in [5.74, 6) is 0. The molecule has 3 rings (SSSR count). The van der Waals surface area contributed by atoms with Gasteiger partial charge in [-0.1, -0.05) is 0 Å². The Morgan fingerprint density at radius 2 is 1.10 bits per heavy atom. The Labute approximate surface area is 177 Å². The quantitative estimate of drug-likeness (QED) is 0.145. The van der Waals surface area contributed by atoms with E-state index in [1.54, 1.807) is 0 Å². The third-order valence-electron chi connectivity index (χ3n) is 5.25. The minimum Gasteiger partial charge on any atom is -0.385 e. The second-order valence-electron chi connectivity index (χ2n) is 7.57. The molecule has 3 heterocycles. The van der Waals surface area contributed by atoms with Crippen LogP contribution < -0.4 is 5.73 Å². The van der Waals surface area contributed by atoms with Crippen molar-refractivity contribution in [1.82, 2.24) is 0 Å². The number of unbranched alkanes of at least 4 members (excludes halogenated alkanes) is 2. The van der Waals surface area contributed by atoms with Crippen LogP contribution in [0.1, 0.15) is 19.3 Å². The van der Waals surface area contributed by atoms with E-state index in [1.165, 1.54) is 0 Å². The van der Waals surface area contributed by atoms with Crippen LogP contribution in [0.2, 0.25) is 0 Å². The van der Waals surface area contributed by atoms with E-state index in [4.69, 9.17) is 34.2 Å². The van der Waals surface area contributed by atoms with Crippen molar-refractivity contribution in [3.63, 3.8) is 0 Å². The summed E-state index contributed by atoms with van der Waals surface area (Å²) in [5, 5.41) is 69.4. The molecule has 0 spiro atoms. The molecule has 14 nitrogen and oxygen atoms in total. The molecule has 0 bridgehead atoms. The lowest BCUT2D eigenvalue weighted by molar-refractivity contribution is -0.261. The largest absolute Gasteiger partial charge is 0.385 e. The lowest BCUT2D eigenvalue weighted by atomic mass is 10.2. The fraction of sp³-hybridized carbons (Fsp3) is 1.00. The van der Waals surface area contributed by atoms with Gasteiger partial charge in [0.05, 0.1) is 0 Å². The minimum atomic E-state index is -1.74. The molecule has 3 aliphatic rings. The number of nitrogens with two attached hydrogens (primary N) is 1. The van der Waals surface area contributed by atoms with Crippen LogP contribution in [0.4, 0.5) is 0 Å². The van der Waals surface area contributed by atoms with Crippen LogP contribution in [0.3, 0.4) is 0 Å². The van der Waals surface area contributed by atoms with Gasteiger partial charge < -0.3 is 69.9 Å². The van der Waals surface area contributed by atoms with Gasteiger partial charge in [-0.2, -0.15) is 0 Å². The summed E-state index contributed by atoms with van der Waals surface area (Å²) in [6, 6.07) is 0. The lowest BCUT2D eigenvalue weighted by Gasteiger charge is -2.25. The molecule has 14 heteroatoms. The van der Waals surface area contributed by atoms with Crippen molar-refractivity contribution >= 4 is 0 Å². The molecule has 3 fully saturated rings.